The molecule has 2 aromatic rings. The van der Waals surface area contributed by atoms with Crippen LogP contribution < -0.4 is 5.73 Å². The molecule has 1 aliphatic rings. The summed E-state index contributed by atoms with van der Waals surface area (Å²) in [5.41, 5.74) is 8.52. The van der Waals surface area contributed by atoms with Crippen molar-refractivity contribution in [1.82, 2.24) is 9.55 Å². The van der Waals surface area contributed by atoms with Gasteiger partial charge in [-0.05, 0) is 31.4 Å². The zero-order chi connectivity index (χ0) is 14.9. The van der Waals surface area contributed by atoms with Gasteiger partial charge in [0.05, 0.1) is 21.6 Å². The molecule has 0 unspecified atom stereocenters. The maximum absolute atomic E-state index is 6.80. The molecule has 1 aromatic heterocycles. The normalized spacial score (nSPS) is 18.8. The SMILES string of the molecule is CCCn1c(C2(N)CCCCCC2)nc2cccc(Cl)c21. The molecule has 114 valence electrons. The number of rotatable bonds is 3. The Bertz CT molecular complexity index is 624. The number of nitrogens with two attached hydrogens (primary N) is 1. The minimum Gasteiger partial charge on any atom is -0.325 e. The van der Waals surface area contributed by atoms with Gasteiger partial charge in [-0.15, -0.1) is 0 Å². The highest BCUT2D eigenvalue weighted by Gasteiger charge is 2.33. The molecule has 3 nitrogen and oxygen atoms in total. The van der Waals surface area contributed by atoms with Gasteiger partial charge in [0, 0.05) is 6.54 Å². The molecule has 4 heteroatoms. The Morgan fingerprint density at radius 3 is 2.62 bits per heavy atom. The fourth-order valence-electron chi connectivity index (χ4n) is 3.55. The van der Waals surface area contributed by atoms with Gasteiger partial charge in [-0.25, -0.2) is 4.98 Å². The lowest BCUT2D eigenvalue weighted by Gasteiger charge is -2.28. The van der Waals surface area contributed by atoms with Crippen LogP contribution in [0.2, 0.25) is 5.02 Å². The van der Waals surface area contributed by atoms with Gasteiger partial charge >= 0.3 is 0 Å². The van der Waals surface area contributed by atoms with Crippen LogP contribution in [0.1, 0.15) is 57.7 Å². The Morgan fingerprint density at radius 2 is 1.95 bits per heavy atom. The summed E-state index contributed by atoms with van der Waals surface area (Å²) in [7, 11) is 0. The van der Waals surface area contributed by atoms with Crippen molar-refractivity contribution in [2.75, 3.05) is 0 Å². The summed E-state index contributed by atoms with van der Waals surface area (Å²) in [5, 5.41) is 0.775. The number of halogens is 1. The number of para-hydroxylation sites is 1. The third kappa shape index (κ3) is 2.69. The molecule has 1 heterocycles. The molecule has 1 saturated carbocycles. The molecule has 1 fully saturated rings. The maximum Gasteiger partial charge on any atom is 0.130 e. The van der Waals surface area contributed by atoms with E-state index < -0.39 is 0 Å². The number of hydrogen-bond acceptors (Lipinski definition) is 2. The average molecular weight is 306 g/mol. The molecule has 0 atom stereocenters. The van der Waals surface area contributed by atoms with E-state index in [1.54, 1.807) is 0 Å². The van der Waals surface area contributed by atoms with Crippen molar-refractivity contribution >= 4 is 22.6 Å². The summed E-state index contributed by atoms with van der Waals surface area (Å²) >= 11 is 6.43. The van der Waals surface area contributed by atoms with Gasteiger partial charge in [0.2, 0.25) is 0 Å². The second-order valence-electron chi connectivity index (χ2n) is 6.26. The smallest absolute Gasteiger partial charge is 0.130 e. The van der Waals surface area contributed by atoms with Gasteiger partial charge in [-0.3, -0.25) is 0 Å². The fraction of sp³-hybridized carbons (Fsp3) is 0.588. The zero-order valence-electron chi connectivity index (χ0n) is 12.7. The summed E-state index contributed by atoms with van der Waals surface area (Å²) in [6.07, 6.45) is 8.07. The second kappa shape index (κ2) is 5.98. The van der Waals surface area contributed by atoms with Crippen molar-refractivity contribution < 1.29 is 0 Å². The summed E-state index contributed by atoms with van der Waals surface area (Å²) < 4.78 is 2.27. The first kappa shape index (κ1) is 14.9. The van der Waals surface area contributed by atoms with Crippen LogP contribution in [0, 0.1) is 0 Å². The number of hydrogen-bond donors (Lipinski definition) is 1. The molecule has 0 radical (unpaired) electrons. The van der Waals surface area contributed by atoms with E-state index in [1.807, 2.05) is 18.2 Å². The minimum atomic E-state index is -0.298. The molecular formula is C17H24ClN3. The second-order valence-corrected chi connectivity index (χ2v) is 6.67. The van der Waals surface area contributed by atoms with Crippen molar-refractivity contribution in [2.45, 2.75) is 64.0 Å². The van der Waals surface area contributed by atoms with Gasteiger partial charge in [-0.1, -0.05) is 50.3 Å². The Labute approximate surface area is 131 Å². The highest BCUT2D eigenvalue weighted by Crippen LogP contribution is 2.36. The molecule has 0 aliphatic heterocycles. The van der Waals surface area contributed by atoms with E-state index in [1.165, 1.54) is 25.7 Å². The van der Waals surface area contributed by atoms with Crippen LogP contribution in [-0.4, -0.2) is 9.55 Å². The van der Waals surface area contributed by atoms with Gasteiger partial charge in [0.15, 0.2) is 0 Å². The summed E-state index contributed by atoms with van der Waals surface area (Å²) in [5.74, 6) is 1.04. The van der Waals surface area contributed by atoms with Crippen LogP contribution in [0.4, 0.5) is 0 Å². The number of aromatic nitrogens is 2. The monoisotopic (exact) mass is 305 g/mol. The molecule has 1 aliphatic carbocycles. The topological polar surface area (TPSA) is 43.8 Å². The largest absolute Gasteiger partial charge is 0.325 e. The van der Waals surface area contributed by atoms with Crippen LogP contribution in [0.5, 0.6) is 0 Å². The van der Waals surface area contributed by atoms with E-state index in [0.717, 1.165) is 47.7 Å². The van der Waals surface area contributed by atoms with Crippen molar-refractivity contribution in [3.05, 3.63) is 29.0 Å². The number of imidazole rings is 1. The standard InChI is InChI=1S/C17H24ClN3/c1-2-12-21-15-13(18)8-7-9-14(15)20-16(21)17(19)10-5-3-4-6-11-17/h7-9H,2-6,10-12,19H2,1H3. The van der Waals surface area contributed by atoms with Gasteiger partial charge in [0.1, 0.15) is 5.82 Å². The summed E-state index contributed by atoms with van der Waals surface area (Å²) in [6.45, 7) is 3.11. The maximum atomic E-state index is 6.80. The molecule has 0 bridgehead atoms. The molecule has 3 rings (SSSR count). The average Bonchev–Trinajstić information content (AvgIpc) is 2.70. The highest BCUT2D eigenvalue weighted by atomic mass is 35.5. The third-order valence-corrected chi connectivity index (χ3v) is 4.91. The molecule has 1 aromatic carbocycles. The van der Waals surface area contributed by atoms with Crippen molar-refractivity contribution in [2.24, 2.45) is 5.73 Å². The predicted molar refractivity (Wildman–Crippen MR) is 88.6 cm³/mol. The Kier molecular flexibility index (Phi) is 4.23. The molecular weight excluding hydrogens is 282 g/mol. The Morgan fingerprint density at radius 1 is 1.24 bits per heavy atom. The van der Waals surface area contributed by atoms with Crippen LogP contribution in [0.25, 0.3) is 11.0 Å². The van der Waals surface area contributed by atoms with E-state index >= 15 is 0 Å². The lowest BCUT2D eigenvalue weighted by atomic mass is 9.90. The number of fused-ring (bicyclic) bond motifs is 1. The predicted octanol–water partition coefficient (Wildman–Crippen LogP) is 4.61. The van der Waals surface area contributed by atoms with Crippen LogP contribution in [0.3, 0.4) is 0 Å². The van der Waals surface area contributed by atoms with E-state index in [-0.39, 0.29) is 5.54 Å². The quantitative estimate of drug-likeness (QED) is 0.842. The first-order chi connectivity index (χ1) is 10.2. The lowest BCUT2D eigenvalue weighted by molar-refractivity contribution is 0.348. The summed E-state index contributed by atoms with van der Waals surface area (Å²) in [4.78, 5) is 4.88. The van der Waals surface area contributed by atoms with Crippen molar-refractivity contribution in [3.8, 4) is 0 Å². The Hall–Kier alpha value is -1.06. The fourth-order valence-corrected chi connectivity index (χ4v) is 3.82. The first-order valence-corrected chi connectivity index (χ1v) is 8.47. The third-order valence-electron chi connectivity index (χ3n) is 4.61. The van der Waals surface area contributed by atoms with E-state index in [4.69, 9.17) is 22.3 Å². The van der Waals surface area contributed by atoms with E-state index in [9.17, 15) is 0 Å². The van der Waals surface area contributed by atoms with E-state index in [2.05, 4.69) is 11.5 Å². The molecule has 21 heavy (non-hydrogen) atoms. The van der Waals surface area contributed by atoms with Crippen molar-refractivity contribution in [1.29, 1.82) is 0 Å². The number of benzene rings is 1. The highest BCUT2D eigenvalue weighted by molar-refractivity contribution is 6.35. The lowest BCUT2D eigenvalue weighted by Crippen LogP contribution is -2.39. The Balaban J connectivity index is 2.16. The molecule has 0 spiro atoms. The van der Waals surface area contributed by atoms with Crippen LogP contribution in [0.15, 0.2) is 18.2 Å². The van der Waals surface area contributed by atoms with Crippen LogP contribution in [-0.2, 0) is 12.1 Å². The molecule has 0 saturated heterocycles. The van der Waals surface area contributed by atoms with Gasteiger partial charge in [-0.2, -0.15) is 0 Å². The van der Waals surface area contributed by atoms with Crippen molar-refractivity contribution in [3.63, 3.8) is 0 Å². The van der Waals surface area contributed by atoms with Gasteiger partial charge < -0.3 is 10.3 Å². The minimum absolute atomic E-state index is 0.298. The van der Waals surface area contributed by atoms with Crippen LogP contribution >= 0.6 is 11.6 Å². The molecule has 0 amide bonds. The first-order valence-electron chi connectivity index (χ1n) is 8.10. The number of aryl methyl sites for hydroxylation is 1. The van der Waals surface area contributed by atoms with E-state index in [0.29, 0.717) is 0 Å². The summed E-state index contributed by atoms with van der Waals surface area (Å²) in [6, 6.07) is 5.95. The van der Waals surface area contributed by atoms with Gasteiger partial charge in [0.25, 0.3) is 0 Å². The molecule has 2 N–H and O–H groups in total. The zero-order valence-corrected chi connectivity index (χ0v) is 13.5. The number of nitrogens with zero attached hydrogens (tertiary/aromatic N) is 2.